The van der Waals surface area contributed by atoms with Crippen LogP contribution in [0.4, 0.5) is 5.69 Å². The van der Waals surface area contributed by atoms with E-state index in [0.29, 0.717) is 63.5 Å². The van der Waals surface area contributed by atoms with Crippen molar-refractivity contribution in [1.82, 2.24) is 5.32 Å². The van der Waals surface area contributed by atoms with Crippen LogP contribution in [0.15, 0.2) is 59.7 Å². The minimum Gasteiger partial charge on any atom is -0.478 e. The average molecular weight is 848 g/mol. The smallest absolute Gasteiger partial charge is 0.336 e. The highest BCUT2D eigenvalue weighted by Gasteiger charge is 2.35. The third kappa shape index (κ3) is 10.8. The average Bonchev–Trinajstić information content (AvgIpc) is 3.10. The van der Waals surface area contributed by atoms with Gasteiger partial charge in [-0.05, 0) is 95.5 Å². The van der Waals surface area contributed by atoms with E-state index in [1.807, 2.05) is 46.6 Å². The quantitative estimate of drug-likeness (QED) is 0.0328. The van der Waals surface area contributed by atoms with Gasteiger partial charge in [0.05, 0.1) is 11.1 Å². The molecule has 314 valence electrons. The Kier molecular flexibility index (Phi) is 12.9. The van der Waals surface area contributed by atoms with Gasteiger partial charge < -0.3 is 20.1 Å². The van der Waals surface area contributed by atoms with E-state index in [1.54, 1.807) is 36.4 Å². The molecule has 2 heterocycles. The fourth-order valence-corrected chi connectivity index (χ4v) is 8.64. The zero-order valence-electron chi connectivity index (χ0n) is 33.9. The van der Waals surface area contributed by atoms with Crippen LogP contribution < -0.4 is 25.4 Å². The maximum absolute atomic E-state index is 13.3. The normalized spacial score (nSPS) is 14.9. The molecule has 0 atom stereocenters. The van der Waals surface area contributed by atoms with E-state index in [0.717, 1.165) is 19.3 Å². The second kappa shape index (κ2) is 17.0. The number of allylic oxidation sites excluding steroid dienone is 1. The van der Waals surface area contributed by atoms with Gasteiger partial charge >= 0.3 is 5.97 Å². The molecule has 0 saturated carbocycles. The van der Waals surface area contributed by atoms with E-state index in [4.69, 9.17) is 10.3 Å². The number of carboxylic acids is 1. The third-order valence-corrected chi connectivity index (χ3v) is 11.5. The van der Waals surface area contributed by atoms with Crippen molar-refractivity contribution in [2.45, 2.75) is 65.8 Å². The van der Waals surface area contributed by atoms with E-state index in [9.17, 15) is 40.6 Å². The number of azide groups is 1. The Morgan fingerprint density at radius 1 is 0.949 bits per heavy atom. The number of carboxylic acid groups (broad SMARTS) is 1. The van der Waals surface area contributed by atoms with E-state index < -0.39 is 54.6 Å². The first kappa shape index (κ1) is 44.6. The summed E-state index contributed by atoms with van der Waals surface area (Å²) in [7, 11) is -7.21. The molecule has 3 aromatic rings. The van der Waals surface area contributed by atoms with Crippen LogP contribution in [0.5, 0.6) is 11.5 Å². The molecule has 2 aliphatic heterocycles. The highest BCUT2D eigenvalue weighted by atomic mass is 32.2. The van der Waals surface area contributed by atoms with Crippen LogP contribution in [0.1, 0.15) is 103 Å². The molecule has 1 amide bonds. The molecule has 0 radical (unpaired) electrons. The molecule has 0 saturated heterocycles. The number of hydrogen-bond donors (Lipinski definition) is 4. The predicted octanol–water partition coefficient (Wildman–Crippen LogP) is 6.57. The fourth-order valence-electron chi connectivity index (χ4n) is 7.37. The number of rotatable bonds is 15. The number of carbonyl (C=O) groups is 2. The summed E-state index contributed by atoms with van der Waals surface area (Å²) in [6.45, 7) is 14.2. The van der Waals surface area contributed by atoms with E-state index in [-0.39, 0.29) is 33.8 Å². The van der Waals surface area contributed by atoms with Crippen molar-refractivity contribution >= 4 is 61.1 Å². The van der Waals surface area contributed by atoms with Crippen molar-refractivity contribution in [2.75, 3.05) is 36.5 Å². The topological polar surface area (TPSA) is 236 Å². The van der Waals surface area contributed by atoms with Crippen LogP contribution in [0, 0.1) is 5.41 Å². The predicted molar refractivity (Wildman–Crippen MR) is 228 cm³/mol. The number of nitrogens with one attached hydrogen (secondary N) is 1. The Balaban J connectivity index is 1.77. The van der Waals surface area contributed by atoms with Gasteiger partial charge in [-0.3, -0.25) is 13.9 Å². The van der Waals surface area contributed by atoms with Crippen LogP contribution in [-0.4, -0.2) is 80.1 Å². The molecule has 0 aliphatic carbocycles. The lowest BCUT2D eigenvalue weighted by molar-refractivity contribution is 0.0696. The number of ether oxygens (including phenoxy) is 1. The van der Waals surface area contributed by atoms with Gasteiger partial charge in [-0.1, -0.05) is 63.5 Å². The third-order valence-electron chi connectivity index (χ3n) is 10.1. The number of likely N-dealkylation sites (N-methyl/N-ethyl adjacent to an activating group) is 1. The molecule has 5 rings (SSSR count). The fraction of sp³-hybridized carbons (Fsp3) is 0.381. The molecule has 15 nitrogen and oxygen atoms in total. The SMILES string of the molecule is C=c1cc2c(cc1/C(=C\C(C)(C)C)CS(=O)(=O)O)=C(c1ccc(C(=O)NCCCCCCN=[N+]=[N-])cc1C(=O)O)c1cc3c(cc1O2)N(C)C(C)(C)C=C3CS(=O)(=O)O. The first-order chi connectivity index (χ1) is 27.4. The molecule has 2 aliphatic rings. The lowest BCUT2D eigenvalue weighted by atomic mass is 9.83. The second-order valence-corrected chi connectivity index (χ2v) is 19.3. The maximum atomic E-state index is 13.3. The molecule has 17 heteroatoms. The number of aromatic carboxylic acids is 1. The summed E-state index contributed by atoms with van der Waals surface area (Å²) >= 11 is 0. The number of carbonyl (C=O) groups excluding carboxylic acids is 1. The number of anilines is 1. The van der Waals surface area contributed by atoms with E-state index >= 15 is 0 Å². The zero-order valence-corrected chi connectivity index (χ0v) is 35.5. The van der Waals surface area contributed by atoms with Crippen molar-refractivity contribution in [3.05, 3.63) is 109 Å². The standard InChI is InChI=1S/C42H49N5O10S2/c1-25-16-36-33(18-30(25)27(21-41(2,3)4)23-58(51,52)53)38(29-13-12-26(17-32(29)40(49)50)39(48)44-14-10-8-9-11-15-45-46-43)34-19-31-28(24-59(54,55)56)22-42(5,6)47(7)35(31)20-37(34)57-36/h12-13,16-22H,1,8-11,14-15,23-24H2,2-7H3,(H,44,48)(H,49,50)(H,51,52,53)(H,54,55,56)/b27-21-. The van der Waals surface area contributed by atoms with Crippen molar-refractivity contribution < 1.29 is 45.4 Å². The summed E-state index contributed by atoms with van der Waals surface area (Å²) in [6.07, 6.45) is 6.41. The highest BCUT2D eigenvalue weighted by molar-refractivity contribution is 7.86. The number of hydrogen-bond acceptors (Lipinski definition) is 9. The first-order valence-electron chi connectivity index (χ1n) is 18.9. The van der Waals surface area contributed by atoms with Crippen molar-refractivity contribution in [3.8, 4) is 11.5 Å². The molecule has 0 unspecified atom stereocenters. The molecule has 0 spiro atoms. The minimum absolute atomic E-state index is 0.0904. The van der Waals surface area contributed by atoms with Crippen molar-refractivity contribution in [3.63, 3.8) is 0 Å². The molecule has 3 aromatic carbocycles. The van der Waals surface area contributed by atoms with Crippen LogP contribution >= 0.6 is 0 Å². The van der Waals surface area contributed by atoms with E-state index in [2.05, 4.69) is 21.9 Å². The Labute approximate surface area is 343 Å². The Morgan fingerprint density at radius 2 is 1.64 bits per heavy atom. The second-order valence-electron chi connectivity index (χ2n) is 16.4. The van der Waals surface area contributed by atoms with Gasteiger partial charge in [0.2, 0.25) is 0 Å². The molecule has 0 aromatic heterocycles. The summed E-state index contributed by atoms with van der Waals surface area (Å²) in [4.78, 5) is 31.1. The molecule has 59 heavy (non-hydrogen) atoms. The lowest BCUT2D eigenvalue weighted by Crippen LogP contribution is -2.42. The van der Waals surface area contributed by atoms with Gasteiger partial charge in [0.1, 0.15) is 23.0 Å². The summed E-state index contributed by atoms with van der Waals surface area (Å²) in [5, 5.41) is 17.7. The Hall–Kier alpha value is -5.45. The molecular weight excluding hydrogens is 799 g/mol. The number of nitrogens with zero attached hydrogens (tertiary/aromatic N) is 4. The molecule has 0 fully saturated rings. The largest absolute Gasteiger partial charge is 0.478 e. The monoisotopic (exact) mass is 847 g/mol. The van der Waals surface area contributed by atoms with Gasteiger partial charge in [0.25, 0.3) is 26.1 Å². The lowest BCUT2D eigenvalue weighted by Gasteiger charge is -2.41. The van der Waals surface area contributed by atoms with Crippen LogP contribution in [0.3, 0.4) is 0 Å². The van der Waals surface area contributed by atoms with Gasteiger partial charge in [-0.2, -0.15) is 16.8 Å². The molecule has 4 N–H and O–H groups in total. The molecule has 0 bridgehead atoms. The van der Waals surface area contributed by atoms with Crippen molar-refractivity contribution in [2.24, 2.45) is 10.5 Å². The first-order valence-corrected chi connectivity index (χ1v) is 22.1. The maximum Gasteiger partial charge on any atom is 0.336 e. The van der Waals surface area contributed by atoms with Gasteiger partial charge in [0.15, 0.2) is 0 Å². The Morgan fingerprint density at radius 3 is 2.27 bits per heavy atom. The van der Waals surface area contributed by atoms with Gasteiger partial charge in [-0.15, -0.1) is 0 Å². The molecular formula is C42H49N5O10S2. The van der Waals surface area contributed by atoms with Crippen LogP contribution in [0.2, 0.25) is 0 Å². The number of amides is 1. The number of benzene rings is 3. The summed E-state index contributed by atoms with van der Waals surface area (Å²) < 4.78 is 75.8. The van der Waals surface area contributed by atoms with Crippen molar-refractivity contribution in [1.29, 1.82) is 0 Å². The summed E-state index contributed by atoms with van der Waals surface area (Å²) in [6, 6.07) is 10.9. The Bertz CT molecular complexity index is 2670. The minimum atomic E-state index is -4.53. The zero-order chi connectivity index (χ0) is 43.7. The van der Waals surface area contributed by atoms with Crippen LogP contribution in [0.25, 0.3) is 33.7 Å². The van der Waals surface area contributed by atoms with E-state index in [1.165, 1.54) is 18.2 Å². The highest BCUT2D eigenvalue weighted by Crippen LogP contribution is 2.46. The number of fused-ring (bicyclic) bond motifs is 3. The van der Waals surface area contributed by atoms with Gasteiger partial charge in [-0.25, -0.2) is 4.79 Å². The summed E-state index contributed by atoms with van der Waals surface area (Å²) in [5.41, 5.74) is 9.78. The summed E-state index contributed by atoms with van der Waals surface area (Å²) in [5.74, 6) is -2.73. The number of unbranched alkanes of at least 4 members (excludes halogenated alkanes) is 3. The van der Waals surface area contributed by atoms with Crippen LogP contribution in [-0.2, 0) is 20.2 Å². The van der Waals surface area contributed by atoms with Gasteiger partial charge in [0, 0.05) is 64.3 Å².